The van der Waals surface area contributed by atoms with Crippen molar-refractivity contribution in [2.45, 2.75) is 20.3 Å². The van der Waals surface area contributed by atoms with Crippen LogP contribution in [0.4, 0.5) is 5.69 Å². The van der Waals surface area contributed by atoms with Gasteiger partial charge in [0.2, 0.25) is 0 Å². The number of benzene rings is 1. The highest BCUT2D eigenvalue weighted by Gasteiger charge is 2.28. The van der Waals surface area contributed by atoms with Crippen LogP contribution in [0.3, 0.4) is 0 Å². The molecule has 23 heavy (non-hydrogen) atoms. The van der Waals surface area contributed by atoms with E-state index in [-0.39, 0.29) is 17.2 Å². The molecule has 0 saturated carbocycles. The number of nitrogens with zero attached hydrogens (tertiary/aromatic N) is 1. The topological polar surface area (TPSA) is 80.0 Å². The Morgan fingerprint density at radius 1 is 1.30 bits per heavy atom. The van der Waals surface area contributed by atoms with Gasteiger partial charge in [0.05, 0.1) is 12.2 Å². The SMILES string of the molecule is CCc1oc(C(=O)N2CCOc3cc(C)ccc32)cc1C(=O)O. The van der Waals surface area contributed by atoms with Crippen LogP contribution in [0.25, 0.3) is 0 Å². The van der Waals surface area contributed by atoms with Gasteiger partial charge in [-0.3, -0.25) is 9.69 Å². The van der Waals surface area contributed by atoms with Gasteiger partial charge in [0.25, 0.3) is 5.91 Å². The highest BCUT2D eigenvalue weighted by Crippen LogP contribution is 2.33. The second-order valence-corrected chi connectivity index (χ2v) is 5.38. The number of aromatic carboxylic acids is 1. The van der Waals surface area contributed by atoms with E-state index < -0.39 is 5.97 Å². The number of ether oxygens (including phenoxy) is 1. The Kier molecular flexibility index (Phi) is 3.82. The van der Waals surface area contributed by atoms with E-state index in [1.165, 1.54) is 6.07 Å². The summed E-state index contributed by atoms with van der Waals surface area (Å²) in [6.07, 6.45) is 0.411. The summed E-state index contributed by atoms with van der Waals surface area (Å²) in [4.78, 5) is 25.5. The number of carboxylic acids is 1. The van der Waals surface area contributed by atoms with Crippen molar-refractivity contribution in [1.29, 1.82) is 0 Å². The molecule has 120 valence electrons. The second kappa shape index (κ2) is 5.79. The highest BCUT2D eigenvalue weighted by atomic mass is 16.5. The Hall–Kier alpha value is -2.76. The first kappa shape index (κ1) is 15.1. The van der Waals surface area contributed by atoms with E-state index in [1.54, 1.807) is 11.8 Å². The number of aryl methyl sites for hydroxylation is 2. The van der Waals surface area contributed by atoms with Crippen molar-refractivity contribution in [3.8, 4) is 5.75 Å². The van der Waals surface area contributed by atoms with Gasteiger partial charge in [-0.05, 0) is 24.6 Å². The zero-order valence-electron chi connectivity index (χ0n) is 13.0. The molecule has 0 spiro atoms. The molecule has 2 heterocycles. The van der Waals surface area contributed by atoms with E-state index in [0.717, 1.165) is 5.56 Å². The summed E-state index contributed by atoms with van der Waals surface area (Å²) in [6.45, 7) is 4.50. The summed E-state index contributed by atoms with van der Waals surface area (Å²) in [7, 11) is 0. The number of amides is 1. The van der Waals surface area contributed by atoms with Crippen LogP contribution in [0.5, 0.6) is 5.75 Å². The minimum absolute atomic E-state index is 0.0349. The third-order valence-electron chi connectivity index (χ3n) is 3.80. The molecule has 6 heteroatoms. The van der Waals surface area contributed by atoms with Gasteiger partial charge in [0.1, 0.15) is 23.7 Å². The lowest BCUT2D eigenvalue weighted by atomic mass is 10.1. The molecule has 0 fully saturated rings. The van der Waals surface area contributed by atoms with Gasteiger partial charge in [-0.25, -0.2) is 4.79 Å². The van der Waals surface area contributed by atoms with Gasteiger partial charge in [-0.2, -0.15) is 0 Å². The molecule has 1 aliphatic heterocycles. The number of hydrogen-bond acceptors (Lipinski definition) is 4. The third kappa shape index (κ3) is 2.67. The standard InChI is InChI=1S/C17H17NO5/c1-3-13-11(17(20)21)9-15(23-13)16(19)18-6-7-22-14-8-10(2)4-5-12(14)18/h4-5,8-9H,3,6-7H2,1-2H3,(H,20,21). The number of anilines is 1. The van der Waals surface area contributed by atoms with E-state index in [2.05, 4.69) is 0 Å². The monoisotopic (exact) mass is 315 g/mol. The maximum atomic E-state index is 12.7. The molecule has 1 amide bonds. The molecule has 0 saturated heterocycles. The van der Waals surface area contributed by atoms with Crippen LogP contribution >= 0.6 is 0 Å². The smallest absolute Gasteiger partial charge is 0.339 e. The van der Waals surface area contributed by atoms with Crippen molar-refractivity contribution in [2.75, 3.05) is 18.1 Å². The fraction of sp³-hybridized carbons (Fsp3) is 0.294. The molecule has 1 aromatic carbocycles. The summed E-state index contributed by atoms with van der Waals surface area (Å²) in [6, 6.07) is 6.89. The van der Waals surface area contributed by atoms with Gasteiger partial charge in [-0.15, -0.1) is 0 Å². The number of rotatable bonds is 3. The maximum absolute atomic E-state index is 12.7. The van der Waals surface area contributed by atoms with Crippen molar-refractivity contribution in [3.63, 3.8) is 0 Å². The van der Waals surface area contributed by atoms with Crippen molar-refractivity contribution >= 4 is 17.6 Å². The lowest BCUT2D eigenvalue weighted by Crippen LogP contribution is -2.37. The molecule has 6 nitrogen and oxygen atoms in total. The van der Waals surface area contributed by atoms with Crippen LogP contribution in [0, 0.1) is 6.92 Å². The average Bonchev–Trinajstić information content (AvgIpc) is 2.98. The van der Waals surface area contributed by atoms with Gasteiger partial charge in [-0.1, -0.05) is 13.0 Å². The molecular weight excluding hydrogens is 298 g/mol. The number of furan rings is 1. The predicted octanol–water partition coefficient (Wildman–Crippen LogP) is 2.89. The van der Waals surface area contributed by atoms with Crippen LogP contribution < -0.4 is 9.64 Å². The van der Waals surface area contributed by atoms with Crippen molar-refractivity contribution in [3.05, 3.63) is 46.9 Å². The predicted molar refractivity (Wildman–Crippen MR) is 83.4 cm³/mol. The highest BCUT2D eigenvalue weighted by molar-refractivity contribution is 6.06. The van der Waals surface area contributed by atoms with E-state index in [4.69, 9.17) is 9.15 Å². The maximum Gasteiger partial charge on any atom is 0.339 e. The van der Waals surface area contributed by atoms with E-state index in [0.29, 0.717) is 36.8 Å². The van der Waals surface area contributed by atoms with Crippen molar-refractivity contribution < 1.29 is 23.8 Å². The van der Waals surface area contributed by atoms with Crippen LogP contribution in [0.1, 0.15) is 39.2 Å². The average molecular weight is 315 g/mol. The van der Waals surface area contributed by atoms with Crippen LogP contribution in [-0.4, -0.2) is 30.1 Å². The number of carbonyl (C=O) groups excluding carboxylic acids is 1. The van der Waals surface area contributed by atoms with Crippen LogP contribution in [0.15, 0.2) is 28.7 Å². The molecule has 0 unspecified atom stereocenters. The Morgan fingerprint density at radius 3 is 2.74 bits per heavy atom. The summed E-state index contributed by atoms with van der Waals surface area (Å²) < 4.78 is 11.1. The normalized spacial score (nSPS) is 13.4. The largest absolute Gasteiger partial charge is 0.490 e. The first-order valence-corrected chi connectivity index (χ1v) is 7.42. The quantitative estimate of drug-likeness (QED) is 0.942. The molecule has 0 radical (unpaired) electrons. The molecule has 2 aromatic rings. The zero-order valence-corrected chi connectivity index (χ0v) is 13.0. The van der Waals surface area contributed by atoms with Gasteiger partial charge >= 0.3 is 5.97 Å². The fourth-order valence-corrected chi connectivity index (χ4v) is 2.65. The van der Waals surface area contributed by atoms with Gasteiger partial charge < -0.3 is 14.3 Å². The molecule has 1 aliphatic rings. The summed E-state index contributed by atoms with van der Waals surface area (Å²) in [5.74, 6) is -0.473. The molecular formula is C17H17NO5. The Morgan fingerprint density at radius 2 is 2.09 bits per heavy atom. The van der Waals surface area contributed by atoms with Crippen molar-refractivity contribution in [1.82, 2.24) is 0 Å². The van der Waals surface area contributed by atoms with Crippen LogP contribution in [-0.2, 0) is 6.42 Å². The molecule has 3 rings (SSSR count). The molecule has 1 N–H and O–H groups in total. The Labute approximate surface area is 133 Å². The number of carboxylic acid groups (broad SMARTS) is 1. The first-order chi connectivity index (χ1) is 11.0. The van der Waals surface area contributed by atoms with Crippen molar-refractivity contribution in [2.24, 2.45) is 0 Å². The number of carbonyl (C=O) groups is 2. The molecule has 0 atom stereocenters. The summed E-state index contributed by atoms with van der Waals surface area (Å²) in [5.41, 5.74) is 1.74. The van der Waals surface area contributed by atoms with E-state index in [9.17, 15) is 14.7 Å². The first-order valence-electron chi connectivity index (χ1n) is 7.42. The number of hydrogen-bond donors (Lipinski definition) is 1. The molecule has 0 bridgehead atoms. The zero-order chi connectivity index (χ0) is 16.6. The third-order valence-corrected chi connectivity index (χ3v) is 3.80. The van der Waals surface area contributed by atoms with E-state index >= 15 is 0 Å². The lowest BCUT2D eigenvalue weighted by molar-refractivity contribution is 0.0694. The van der Waals surface area contributed by atoms with Gasteiger partial charge in [0, 0.05) is 12.5 Å². The fourth-order valence-electron chi connectivity index (χ4n) is 2.65. The second-order valence-electron chi connectivity index (χ2n) is 5.38. The van der Waals surface area contributed by atoms with E-state index in [1.807, 2.05) is 25.1 Å². The summed E-state index contributed by atoms with van der Waals surface area (Å²) >= 11 is 0. The minimum atomic E-state index is -1.09. The Balaban J connectivity index is 1.98. The summed E-state index contributed by atoms with van der Waals surface area (Å²) in [5, 5.41) is 9.19. The lowest BCUT2D eigenvalue weighted by Gasteiger charge is -2.29. The molecule has 0 aliphatic carbocycles. The van der Waals surface area contributed by atoms with Crippen LogP contribution in [0.2, 0.25) is 0 Å². The number of fused-ring (bicyclic) bond motifs is 1. The molecule has 1 aromatic heterocycles. The van der Waals surface area contributed by atoms with Gasteiger partial charge in [0.15, 0.2) is 5.76 Å². The minimum Gasteiger partial charge on any atom is -0.490 e. The Bertz CT molecular complexity index is 777.